The minimum Gasteiger partial charge on any atom is -0.507 e. The first-order valence-corrected chi connectivity index (χ1v) is 9.13. The number of nitrogens with zero attached hydrogens (tertiary/aromatic N) is 1. The number of fused-ring (bicyclic) bond motifs is 1. The highest BCUT2D eigenvalue weighted by Gasteiger charge is 2.34. The van der Waals surface area contributed by atoms with E-state index in [9.17, 15) is 9.90 Å². The minimum absolute atomic E-state index is 0.0871. The first-order chi connectivity index (χ1) is 13.5. The highest BCUT2D eigenvalue weighted by atomic mass is 16.5. The van der Waals surface area contributed by atoms with Crippen LogP contribution in [0.1, 0.15) is 33.2 Å². The van der Waals surface area contributed by atoms with E-state index >= 15 is 0 Å². The first kappa shape index (κ1) is 17.9. The number of methoxy groups -OCH3 is 1. The van der Waals surface area contributed by atoms with Gasteiger partial charge in [0.25, 0.3) is 5.91 Å². The van der Waals surface area contributed by atoms with E-state index in [1.807, 2.05) is 74.5 Å². The van der Waals surface area contributed by atoms with Crippen LogP contribution in [0.25, 0.3) is 0 Å². The molecule has 5 nitrogen and oxygen atoms in total. The zero-order chi connectivity index (χ0) is 19.8. The third kappa shape index (κ3) is 2.95. The summed E-state index contributed by atoms with van der Waals surface area (Å²) < 4.78 is 5.35. The molecular weight excluding hydrogens is 352 g/mol. The lowest BCUT2D eigenvalue weighted by molar-refractivity contribution is 0.0975. The van der Waals surface area contributed by atoms with E-state index < -0.39 is 6.17 Å². The van der Waals surface area contributed by atoms with Gasteiger partial charge in [0.1, 0.15) is 17.7 Å². The third-order valence-electron chi connectivity index (χ3n) is 5.09. The summed E-state index contributed by atoms with van der Waals surface area (Å²) in [5.41, 5.74) is 4.59. The zero-order valence-electron chi connectivity index (χ0n) is 16.1. The summed E-state index contributed by atoms with van der Waals surface area (Å²) in [6.07, 6.45) is -0.410. The zero-order valence-corrected chi connectivity index (χ0v) is 16.1. The number of benzene rings is 3. The molecule has 0 aliphatic carbocycles. The molecule has 3 aromatic carbocycles. The van der Waals surface area contributed by atoms with Gasteiger partial charge in [0, 0.05) is 11.8 Å². The summed E-state index contributed by atoms with van der Waals surface area (Å²) in [5.74, 6) is 0.871. The molecular formula is C23H22N2O3. The number of ether oxygens (including phenoxy) is 1. The van der Waals surface area contributed by atoms with Crippen LogP contribution >= 0.6 is 0 Å². The Labute approximate surface area is 164 Å². The maximum Gasteiger partial charge on any atom is 0.262 e. The Kier molecular flexibility index (Phi) is 4.43. The van der Waals surface area contributed by atoms with Crippen LogP contribution in [0.15, 0.2) is 60.7 Å². The molecule has 0 fully saturated rings. The molecule has 0 bridgehead atoms. The molecule has 0 saturated heterocycles. The topological polar surface area (TPSA) is 61.8 Å². The van der Waals surface area contributed by atoms with Crippen molar-refractivity contribution >= 4 is 17.3 Å². The second-order valence-corrected chi connectivity index (χ2v) is 6.97. The van der Waals surface area contributed by atoms with Crippen molar-refractivity contribution in [2.45, 2.75) is 20.0 Å². The van der Waals surface area contributed by atoms with Crippen LogP contribution in [0.4, 0.5) is 11.4 Å². The van der Waals surface area contributed by atoms with Crippen molar-refractivity contribution < 1.29 is 14.6 Å². The van der Waals surface area contributed by atoms with Crippen LogP contribution in [0.2, 0.25) is 0 Å². The van der Waals surface area contributed by atoms with Crippen LogP contribution in [-0.4, -0.2) is 18.1 Å². The van der Waals surface area contributed by atoms with Gasteiger partial charge in [-0.1, -0.05) is 18.2 Å². The van der Waals surface area contributed by atoms with Crippen molar-refractivity contribution in [1.82, 2.24) is 0 Å². The van der Waals surface area contributed by atoms with E-state index in [1.165, 1.54) is 0 Å². The standard InChI is InChI=1S/C23H22N2O3/c1-14-11-16(12-15(2)21(14)26)22-24-20-10-5-4-9-19(20)23(27)25(22)17-7-6-8-18(13-17)28-3/h4-13,22,24,26H,1-3H3. The predicted molar refractivity (Wildman–Crippen MR) is 110 cm³/mol. The number of anilines is 2. The van der Waals surface area contributed by atoms with E-state index in [4.69, 9.17) is 4.74 Å². The summed E-state index contributed by atoms with van der Waals surface area (Å²) >= 11 is 0. The number of carbonyl (C=O) groups excluding carboxylic acids is 1. The fourth-order valence-electron chi connectivity index (χ4n) is 3.66. The van der Waals surface area contributed by atoms with Crippen molar-refractivity contribution in [1.29, 1.82) is 0 Å². The van der Waals surface area contributed by atoms with Crippen LogP contribution in [0.3, 0.4) is 0 Å². The van der Waals surface area contributed by atoms with Crippen molar-refractivity contribution in [3.05, 3.63) is 82.9 Å². The first-order valence-electron chi connectivity index (χ1n) is 9.13. The van der Waals surface area contributed by atoms with Gasteiger partial charge in [0.05, 0.1) is 18.4 Å². The number of carbonyl (C=O) groups is 1. The van der Waals surface area contributed by atoms with Crippen LogP contribution in [0.5, 0.6) is 11.5 Å². The van der Waals surface area contributed by atoms with Gasteiger partial charge in [-0.05, 0) is 66.9 Å². The van der Waals surface area contributed by atoms with Gasteiger partial charge in [0.15, 0.2) is 0 Å². The number of nitrogens with one attached hydrogen (secondary N) is 1. The van der Waals surface area contributed by atoms with E-state index in [0.29, 0.717) is 11.3 Å². The van der Waals surface area contributed by atoms with Crippen molar-refractivity contribution in [3.63, 3.8) is 0 Å². The number of para-hydroxylation sites is 1. The smallest absolute Gasteiger partial charge is 0.262 e. The highest BCUT2D eigenvalue weighted by Crippen LogP contribution is 2.39. The number of hydrogen-bond donors (Lipinski definition) is 2. The Morgan fingerprint density at radius 3 is 2.43 bits per heavy atom. The normalized spacial score (nSPS) is 15.8. The van der Waals surface area contributed by atoms with Crippen LogP contribution < -0.4 is 15.0 Å². The highest BCUT2D eigenvalue weighted by molar-refractivity contribution is 6.12. The van der Waals surface area contributed by atoms with E-state index in [-0.39, 0.29) is 11.7 Å². The van der Waals surface area contributed by atoms with Crippen LogP contribution in [-0.2, 0) is 0 Å². The Morgan fingerprint density at radius 1 is 1.00 bits per heavy atom. The Balaban J connectivity index is 1.89. The molecule has 1 aliphatic rings. The summed E-state index contributed by atoms with van der Waals surface area (Å²) in [7, 11) is 1.61. The van der Waals surface area contributed by atoms with Crippen LogP contribution in [0, 0.1) is 13.8 Å². The molecule has 0 aromatic heterocycles. The average Bonchev–Trinajstić information content (AvgIpc) is 2.71. The minimum atomic E-state index is -0.410. The summed E-state index contributed by atoms with van der Waals surface area (Å²) in [5, 5.41) is 13.7. The molecule has 142 valence electrons. The molecule has 0 saturated carbocycles. The monoisotopic (exact) mass is 374 g/mol. The third-order valence-corrected chi connectivity index (χ3v) is 5.09. The number of rotatable bonds is 3. The maximum absolute atomic E-state index is 13.4. The second kappa shape index (κ2) is 6.93. The van der Waals surface area contributed by atoms with Gasteiger partial charge in [-0.25, -0.2) is 0 Å². The number of hydrogen-bond acceptors (Lipinski definition) is 4. The van der Waals surface area contributed by atoms with Gasteiger partial charge in [-0.2, -0.15) is 0 Å². The van der Waals surface area contributed by atoms with Gasteiger partial charge in [0.2, 0.25) is 0 Å². The molecule has 2 N–H and O–H groups in total. The van der Waals surface area contributed by atoms with Gasteiger partial charge in [-0.15, -0.1) is 0 Å². The van der Waals surface area contributed by atoms with Gasteiger partial charge >= 0.3 is 0 Å². The quantitative estimate of drug-likeness (QED) is 0.692. The summed E-state index contributed by atoms with van der Waals surface area (Å²) in [4.78, 5) is 15.2. The predicted octanol–water partition coefficient (Wildman–Crippen LogP) is 4.79. The van der Waals surface area contributed by atoms with Gasteiger partial charge in [-0.3, -0.25) is 9.69 Å². The second-order valence-electron chi connectivity index (χ2n) is 6.97. The molecule has 28 heavy (non-hydrogen) atoms. The maximum atomic E-state index is 13.4. The summed E-state index contributed by atoms with van der Waals surface area (Å²) in [6, 6.07) is 18.8. The molecule has 0 radical (unpaired) electrons. The molecule has 1 heterocycles. The number of phenols is 1. The van der Waals surface area contributed by atoms with Crippen molar-refractivity contribution in [2.75, 3.05) is 17.3 Å². The van der Waals surface area contributed by atoms with E-state index in [2.05, 4.69) is 5.32 Å². The Hall–Kier alpha value is -3.47. The molecule has 1 amide bonds. The van der Waals surface area contributed by atoms with E-state index in [1.54, 1.807) is 12.0 Å². The molecule has 1 unspecified atom stereocenters. The molecule has 1 atom stereocenters. The lowest BCUT2D eigenvalue weighted by Crippen LogP contribution is -2.43. The molecule has 4 rings (SSSR count). The Bertz CT molecular complexity index is 1040. The molecule has 3 aromatic rings. The average molecular weight is 374 g/mol. The number of aryl methyl sites for hydroxylation is 2. The lowest BCUT2D eigenvalue weighted by Gasteiger charge is -2.38. The summed E-state index contributed by atoms with van der Waals surface area (Å²) in [6.45, 7) is 3.72. The SMILES string of the molecule is COc1cccc(N2C(=O)c3ccccc3NC2c2cc(C)c(O)c(C)c2)c1. The Morgan fingerprint density at radius 2 is 1.71 bits per heavy atom. The number of phenolic OH excluding ortho intramolecular Hbond substituents is 1. The lowest BCUT2D eigenvalue weighted by atomic mass is 9.99. The number of amides is 1. The molecule has 5 heteroatoms. The van der Waals surface area contributed by atoms with Gasteiger partial charge < -0.3 is 15.2 Å². The largest absolute Gasteiger partial charge is 0.507 e. The van der Waals surface area contributed by atoms with Crippen molar-refractivity contribution in [2.24, 2.45) is 0 Å². The molecule has 1 aliphatic heterocycles. The fourth-order valence-corrected chi connectivity index (χ4v) is 3.66. The van der Waals surface area contributed by atoms with E-state index in [0.717, 1.165) is 28.1 Å². The molecule has 0 spiro atoms. The van der Waals surface area contributed by atoms with Crippen molar-refractivity contribution in [3.8, 4) is 11.5 Å². The number of aromatic hydroxyl groups is 1. The fraction of sp³-hybridized carbons (Fsp3) is 0.174.